The monoisotopic (exact) mass is 279 g/mol. The predicted molar refractivity (Wildman–Crippen MR) is 70.8 cm³/mol. The normalized spacial score (nSPS) is 18.1. The summed E-state index contributed by atoms with van der Waals surface area (Å²) in [5.41, 5.74) is 0. The second-order valence-corrected chi connectivity index (χ2v) is 4.66. The summed E-state index contributed by atoms with van der Waals surface area (Å²) in [5.74, 6) is 0.0462. The van der Waals surface area contributed by atoms with Crippen LogP contribution < -0.4 is 14.8 Å². The van der Waals surface area contributed by atoms with Gasteiger partial charge >= 0.3 is 5.97 Å². The second-order valence-electron chi connectivity index (χ2n) is 4.66. The largest absolute Gasteiger partial charge is 0.486 e. The number of hydrogen-bond acceptors (Lipinski definition) is 4. The molecule has 6 nitrogen and oxygen atoms in total. The Morgan fingerprint density at radius 1 is 1.35 bits per heavy atom. The third-order valence-electron chi connectivity index (χ3n) is 3.04. The van der Waals surface area contributed by atoms with E-state index in [1.165, 1.54) is 0 Å². The van der Waals surface area contributed by atoms with E-state index >= 15 is 0 Å². The van der Waals surface area contributed by atoms with Crippen molar-refractivity contribution in [1.29, 1.82) is 0 Å². The lowest BCUT2D eigenvalue weighted by Crippen LogP contribution is -2.48. The van der Waals surface area contributed by atoms with Gasteiger partial charge in [0.15, 0.2) is 17.6 Å². The van der Waals surface area contributed by atoms with Crippen molar-refractivity contribution >= 4 is 11.9 Å². The minimum atomic E-state index is -0.987. The standard InChI is InChI=1S/C14H17NO5/c1-9(15-13(16)6-7-14(17)18)12-8-19-10-4-2-3-5-11(10)20-12/h2-5,9,12H,6-8H2,1H3,(H,15,16)(H,17,18)/t9-,12+/m0/s1. The number of carboxylic acids is 1. The molecule has 2 rings (SSSR count). The summed E-state index contributed by atoms with van der Waals surface area (Å²) in [4.78, 5) is 22.0. The zero-order chi connectivity index (χ0) is 14.5. The van der Waals surface area contributed by atoms with Gasteiger partial charge in [0.2, 0.25) is 5.91 Å². The number of carbonyl (C=O) groups is 2. The minimum absolute atomic E-state index is 0.0379. The molecule has 6 heteroatoms. The third-order valence-corrected chi connectivity index (χ3v) is 3.04. The van der Waals surface area contributed by atoms with Gasteiger partial charge < -0.3 is 19.9 Å². The first-order chi connectivity index (χ1) is 9.56. The Morgan fingerprint density at radius 3 is 2.75 bits per heavy atom. The van der Waals surface area contributed by atoms with Crippen molar-refractivity contribution in [1.82, 2.24) is 5.32 Å². The molecule has 0 spiro atoms. The van der Waals surface area contributed by atoms with Gasteiger partial charge in [-0.3, -0.25) is 9.59 Å². The maximum atomic E-state index is 11.6. The number of fused-ring (bicyclic) bond motifs is 1. The summed E-state index contributed by atoms with van der Waals surface area (Å²) in [6, 6.07) is 7.08. The molecule has 0 saturated carbocycles. The molecule has 1 amide bonds. The number of hydrogen-bond donors (Lipinski definition) is 2. The molecule has 0 saturated heterocycles. The molecule has 1 aromatic carbocycles. The predicted octanol–water partition coefficient (Wildman–Crippen LogP) is 1.20. The van der Waals surface area contributed by atoms with E-state index in [4.69, 9.17) is 14.6 Å². The van der Waals surface area contributed by atoms with Gasteiger partial charge in [-0.2, -0.15) is 0 Å². The number of amides is 1. The number of benzene rings is 1. The molecule has 1 aliphatic rings. The van der Waals surface area contributed by atoms with Gasteiger partial charge in [0.1, 0.15) is 6.61 Å². The van der Waals surface area contributed by atoms with Crippen LogP contribution in [0.4, 0.5) is 0 Å². The summed E-state index contributed by atoms with van der Waals surface area (Å²) in [6.07, 6.45) is -0.508. The third kappa shape index (κ3) is 3.63. The van der Waals surface area contributed by atoms with Gasteiger partial charge in [-0.25, -0.2) is 0 Å². The zero-order valence-electron chi connectivity index (χ0n) is 11.2. The molecule has 2 atom stereocenters. The fourth-order valence-corrected chi connectivity index (χ4v) is 1.92. The van der Waals surface area contributed by atoms with E-state index in [1.54, 1.807) is 13.0 Å². The average Bonchev–Trinajstić information content (AvgIpc) is 2.44. The maximum Gasteiger partial charge on any atom is 0.303 e. The van der Waals surface area contributed by atoms with Crippen molar-refractivity contribution in [2.45, 2.75) is 31.9 Å². The first-order valence-corrected chi connectivity index (χ1v) is 6.46. The number of aliphatic carboxylic acids is 1. The number of carbonyl (C=O) groups excluding carboxylic acids is 1. The molecule has 0 aliphatic carbocycles. The summed E-state index contributed by atoms with van der Waals surface area (Å²) < 4.78 is 11.3. The number of para-hydroxylation sites is 2. The van der Waals surface area contributed by atoms with Crippen LogP contribution in [0.2, 0.25) is 0 Å². The Labute approximate surface area is 116 Å². The van der Waals surface area contributed by atoms with Gasteiger partial charge in [-0.1, -0.05) is 12.1 Å². The highest BCUT2D eigenvalue weighted by Crippen LogP contribution is 2.31. The van der Waals surface area contributed by atoms with Gasteiger partial charge in [-0.05, 0) is 19.1 Å². The number of rotatable bonds is 5. The molecule has 1 heterocycles. The molecule has 0 unspecified atom stereocenters. The maximum absolute atomic E-state index is 11.6. The number of nitrogens with one attached hydrogen (secondary N) is 1. The minimum Gasteiger partial charge on any atom is -0.486 e. The van der Waals surface area contributed by atoms with E-state index in [-0.39, 0.29) is 30.9 Å². The summed E-state index contributed by atoms with van der Waals surface area (Å²) in [7, 11) is 0. The van der Waals surface area contributed by atoms with Crippen molar-refractivity contribution in [3.8, 4) is 11.5 Å². The molecule has 0 radical (unpaired) electrons. The highest BCUT2D eigenvalue weighted by molar-refractivity contribution is 5.80. The Balaban J connectivity index is 1.86. The van der Waals surface area contributed by atoms with E-state index in [0.717, 1.165) is 0 Å². The van der Waals surface area contributed by atoms with Crippen LogP contribution in [-0.2, 0) is 9.59 Å². The smallest absolute Gasteiger partial charge is 0.303 e. The van der Waals surface area contributed by atoms with E-state index in [1.807, 2.05) is 18.2 Å². The van der Waals surface area contributed by atoms with Gasteiger partial charge in [0, 0.05) is 6.42 Å². The second kappa shape index (κ2) is 6.27. The van der Waals surface area contributed by atoms with Crippen LogP contribution in [0.3, 0.4) is 0 Å². The molecule has 2 N–H and O–H groups in total. The van der Waals surface area contributed by atoms with E-state index in [9.17, 15) is 9.59 Å². The Morgan fingerprint density at radius 2 is 2.05 bits per heavy atom. The van der Waals surface area contributed by atoms with Crippen LogP contribution >= 0.6 is 0 Å². The summed E-state index contributed by atoms with van der Waals surface area (Å²) >= 11 is 0. The Hall–Kier alpha value is -2.24. The van der Waals surface area contributed by atoms with Crippen LogP contribution in [0.5, 0.6) is 11.5 Å². The lowest BCUT2D eigenvalue weighted by atomic mass is 10.1. The van der Waals surface area contributed by atoms with Crippen molar-refractivity contribution in [3.05, 3.63) is 24.3 Å². The van der Waals surface area contributed by atoms with Crippen molar-refractivity contribution < 1.29 is 24.2 Å². The Kier molecular flexibility index (Phi) is 4.45. The Bertz CT molecular complexity index is 502. The van der Waals surface area contributed by atoms with Gasteiger partial charge in [-0.15, -0.1) is 0 Å². The molecule has 0 bridgehead atoms. The molecule has 108 valence electrons. The van der Waals surface area contributed by atoms with E-state index < -0.39 is 5.97 Å². The van der Waals surface area contributed by atoms with E-state index in [0.29, 0.717) is 18.1 Å². The van der Waals surface area contributed by atoms with Crippen molar-refractivity contribution in [2.75, 3.05) is 6.61 Å². The first-order valence-electron chi connectivity index (χ1n) is 6.46. The fraction of sp³-hybridized carbons (Fsp3) is 0.429. The number of ether oxygens (including phenoxy) is 2. The molecule has 0 aromatic heterocycles. The first kappa shape index (κ1) is 14.2. The molecule has 20 heavy (non-hydrogen) atoms. The zero-order valence-corrected chi connectivity index (χ0v) is 11.2. The van der Waals surface area contributed by atoms with Crippen LogP contribution in [-0.4, -0.2) is 35.7 Å². The SMILES string of the molecule is C[C@H](NC(=O)CCC(=O)O)[C@H]1COc2ccccc2O1. The lowest BCUT2D eigenvalue weighted by molar-refractivity contribution is -0.139. The average molecular weight is 279 g/mol. The summed E-state index contributed by atoms with van der Waals surface area (Å²) in [5, 5.41) is 11.3. The van der Waals surface area contributed by atoms with Crippen molar-refractivity contribution in [2.24, 2.45) is 0 Å². The lowest BCUT2D eigenvalue weighted by Gasteiger charge is -2.30. The highest BCUT2D eigenvalue weighted by Gasteiger charge is 2.26. The van der Waals surface area contributed by atoms with Crippen LogP contribution in [0.1, 0.15) is 19.8 Å². The molecule has 1 aromatic rings. The molecular formula is C14H17NO5. The van der Waals surface area contributed by atoms with E-state index in [2.05, 4.69) is 5.32 Å². The molecular weight excluding hydrogens is 262 g/mol. The quantitative estimate of drug-likeness (QED) is 0.846. The highest BCUT2D eigenvalue weighted by atomic mass is 16.6. The van der Waals surface area contributed by atoms with Crippen molar-refractivity contribution in [3.63, 3.8) is 0 Å². The fourth-order valence-electron chi connectivity index (χ4n) is 1.92. The van der Waals surface area contributed by atoms with Crippen LogP contribution in [0.25, 0.3) is 0 Å². The van der Waals surface area contributed by atoms with Crippen LogP contribution in [0, 0.1) is 0 Å². The van der Waals surface area contributed by atoms with Crippen LogP contribution in [0.15, 0.2) is 24.3 Å². The van der Waals surface area contributed by atoms with Gasteiger partial charge in [0.25, 0.3) is 0 Å². The topological polar surface area (TPSA) is 84.9 Å². The molecule has 0 fully saturated rings. The number of carboxylic acid groups (broad SMARTS) is 1. The molecule has 1 aliphatic heterocycles. The van der Waals surface area contributed by atoms with Gasteiger partial charge in [0.05, 0.1) is 12.5 Å². The summed E-state index contributed by atoms with van der Waals surface area (Å²) in [6.45, 7) is 2.15.